The van der Waals surface area contributed by atoms with Gasteiger partial charge in [-0.05, 0) is 77.9 Å². The summed E-state index contributed by atoms with van der Waals surface area (Å²) in [5.74, 6) is 1.08. The van der Waals surface area contributed by atoms with Crippen molar-refractivity contribution in [3.8, 4) is 11.5 Å². The van der Waals surface area contributed by atoms with E-state index >= 15 is 0 Å². The second-order valence-electron chi connectivity index (χ2n) is 7.72. The van der Waals surface area contributed by atoms with Crippen LogP contribution in [0.25, 0.3) is 6.08 Å². The molecule has 3 aromatic rings. The molecule has 0 bridgehead atoms. The van der Waals surface area contributed by atoms with Crippen LogP contribution >= 0.6 is 58.2 Å². The Hall–Kier alpha value is -2.07. The van der Waals surface area contributed by atoms with Gasteiger partial charge in [0.15, 0.2) is 15.8 Å². The summed E-state index contributed by atoms with van der Waals surface area (Å²) >= 11 is 15.3. The van der Waals surface area contributed by atoms with Crippen molar-refractivity contribution in [2.45, 2.75) is 20.5 Å². The minimum atomic E-state index is -0.130. The van der Waals surface area contributed by atoms with E-state index in [9.17, 15) is 4.79 Å². The van der Waals surface area contributed by atoms with Gasteiger partial charge in [-0.3, -0.25) is 9.69 Å². The van der Waals surface area contributed by atoms with Crippen molar-refractivity contribution >= 4 is 80.2 Å². The van der Waals surface area contributed by atoms with Crippen LogP contribution in [0.15, 0.2) is 59.5 Å². The topological polar surface area (TPSA) is 38.8 Å². The Labute approximate surface area is 227 Å². The highest BCUT2D eigenvalue weighted by Crippen LogP contribution is 2.40. The SMILES string of the molecule is COc1cc(/C=C2\SC(=S)N(c3ccc(C)cc3C)C2=O)cc(I)c1OCc1ccccc1Cl. The number of hydrogen-bond donors (Lipinski definition) is 0. The highest BCUT2D eigenvalue weighted by Gasteiger charge is 2.34. The van der Waals surface area contributed by atoms with Crippen LogP contribution in [-0.4, -0.2) is 17.3 Å². The first-order valence-corrected chi connectivity index (χ1v) is 13.1. The molecule has 1 fully saturated rings. The number of benzene rings is 3. The van der Waals surface area contributed by atoms with Gasteiger partial charge in [0, 0.05) is 10.6 Å². The predicted octanol–water partition coefficient (Wildman–Crippen LogP) is 7.55. The first-order valence-electron chi connectivity index (χ1n) is 10.4. The quantitative estimate of drug-likeness (QED) is 0.161. The lowest BCUT2D eigenvalue weighted by molar-refractivity contribution is -0.113. The van der Waals surface area contributed by atoms with Gasteiger partial charge >= 0.3 is 0 Å². The van der Waals surface area contributed by atoms with Gasteiger partial charge in [-0.25, -0.2) is 0 Å². The smallest absolute Gasteiger partial charge is 0.270 e. The van der Waals surface area contributed by atoms with Crippen molar-refractivity contribution in [2.24, 2.45) is 0 Å². The molecule has 4 nitrogen and oxygen atoms in total. The van der Waals surface area contributed by atoms with E-state index in [4.69, 9.17) is 33.3 Å². The maximum atomic E-state index is 13.2. The molecule has 174 valence electrons. The molecule has 0 atom stereocenters. The van der Waals surface area contributed by atoms with Crippen LogP contribution in [0.4, 0.5) is 5.69 Å². The number of carbonyl (C=O) groups excluding carboxylic acids is 1. The van der Waals surface area contributed by atoms with E-state index in [0.717, 1.165) is 31.5 Å². The molecule has 0 unspecified atom stereocenters. The van der Waals surface area contributed by atoms with Crippen LogP contribution in [-0.2, 0) is 11.4 Å². The van der Waals surface area contributed by atoms with Crippen molar-refractivity contribution in [2.75, 3.05) is 12.0 Å². The Bertz CT molecular complexity index is 1330. The van der Waals surface area contributed by atoms with Crippen molar-refractivity contribution in [3.05, 3.63) is 90.3 Å². The Kier molecular flexibility index (Phi) is 7.87. The van der Waals surface area contributed by atoms with Gasteiger partial charge in [0.25, 0.3) is 5.91 Å². The van der Waals surface area contributed by atoms with E-state index in [2.05, 4.69) is 22.6 Å². The molecule has 0 saturated carbocycles. The Balaban J connectivity index is 1.60. The van der Waals surface area contributed by atoms with Crippen molar-refractivity contribution in [1.82, 2.24) is 0 Å². The molecule has 0 aromatic heterocycles. The summed E-state index contributed by atoms with van der Waals surface area (Å²) in [4.78, 5) is 15.4. The Morgan fingerprint density at radius 1 is 1.15 bits per heavy atom. The number of ether oxygens (including phenoxy) is 2. The second kappa shape index (κ2) is 10.7. The van der Waals surface area contributed by atoms with E-state index in [1.807, 2.05) is 74.5 Å². The second-order valence-corrected chi connectivity index (χ2v) is 11.0. The third-order valence-electron chi connectivity index (χ3n) is 5.27. The summed E-state index contributed by atoms with van der Waals surface area (Å²) < 4.78 is 13.0. The molecular formula is C26H21ClINO3S2. The average Bonchev–Trinajstić information content (AvgIpc) is 3.06. The number of rotatable bonds is 6. The van der Waals surface area contributed by atoms with Crippen LogP contribution in [0.3, 0.4) is 0 Å². The molecule has 1 aliphatic heterocycles. The van der Waals surface area contributed by atoms with Crippen molar-refractivity contribution in [3.63, 3.8) is 0 Å². The molecule has 3 aromatic carbocycles. The van der Waals surface area contributed by atoms with Crippen LogP contribution < -0.4 is 14.4 Å². The number of amides is 1. The molecule has 0 N–H and O–H groups in total. The van der Waals surface area contributed by atoms with Gasteiger partial charge in [-0.15, -0.1) is 0 Å². The highest BCUT2D eigenvalue weighted by atomic mass is 127. The number of carbonyl (C=O) groups is 1. The molecule has 1 heterocycles. The lowest BCUT2D eigenvalue weighted by atomic mass is 10.1. The maximum Gasteiger partial charge on any atom is 0.270 e. The van der Waals surface area contributed by atoms with E-state index in [-0.39, 0.29) is 5.91 Å². The van der Waals surface area contributed by atoms with Gasteiger partial charge < -0.3 is 9.47 Å². The van der Waals surface area contributed by atoms with E-state index in [1.54, 1.807) is 12.0 Å². The van der Waals surface area contributed by atoms with Gasteiger partial charge in [0.1, 0.15) is 6.61 Å². The normalized spacial score (nSPS) is 14.7. The minimum Gasteiger partial charge on any atom is -0.493 e. The minimum absolute atomic E-state index is 0.130. The number of methoxy groups -OCH3 is 1. The maximum absolute atomic E-state index is 13.2. The number of aryl methyl sites for hydroxylation is 2. The number of thiocarbonyl (C=S) groups is 1. The molecule has 1 saturated heterocycles. The number of anilines is 1. The first kappa shape index (κ1) is 25.0. The summed E-state index contributed by atoms with van der Waals surface area (Å²) in [5.41, 5.74) is 4.68. The van der Waals surface area contributed by atoms with Gasteiger partial charge in [0.05, 0.1) is 21.3 Å². The lowest BCUT2D eigenvalue weighted by Gasteiger charge is -2.17. The standard InChI is InChI=1S/C26H21ClINO3S2/c1-15-8-9-21(16(2)10-15)29-25(30)23(34-26(29)33)13-17-11-20(28)24(22(12-17)31-3)32-14-18-6-4-5-7-19(18)27/h4-13H,14H2,1-3H3/b23-13-. The average molecular weight is 622 g/mol. The van der Waals surface area contributed by atoms with E-state index in [1.165, 1.54) is 11.8 Å². The first-order chi connectivity index (χ1) is 16.3. The summed E-state index contributed by atoms with van der Waals surface area (Å²) in [6.07, 6.45) is 1.84. The molecule has 1 amide bonds. The van der Waals surface area contributed by atoms with Crippen LogP contribution in [0.5, 0.6) is 11.5 Å². The number of halogens is 2. The monoisotopic (exact) mass is 621 g/mol. The van der Waals surface area contributed by atoms with Crippen molar-refractivity contribution < 1.29 is 14.3 Å². The van der Waals surface area contributed by atoms with Crippen LogP contribution in [0.1, 0.15) is 22.3 Å². The Morgan fingerprint density at radius 2 is 1.91 bits per heavy atom. The third-order valence-corrected chi connectivity index (χ3v) is 7.74. The number of nitrogens with zero attached hydrogens (tertiary/aromatic N) is 1. The summed E-state index contributed by atoms with van der Waals surface area (Å²) in [6.45, 7) is 4.33. The fourth-order valence-corrected chi connectivity index (χ4v) is 5.87. The fraction of sp³-hybridized carbons (Fsp3) is 0.154. The molecule has 0 aliphatic carbocycles. The van der Waals surface area contributed by atoms with E-state index < -0.39 is 0 Å². The summed E-state index contributed by atoms with van der Waals surface area (Å²) in [5, 5.41) is 0.652. The summed E-state index contributed by atoms with van der Waals surface area (Å²) in [7, 11) is 1.59. The molecule has 4 rings (SSSR count). The third kappa shape index (κ3) is 5.27. The molecule has 34 heavy (non-hydrogen) atoms. The molecule has 1 aliphatic rings. The zero-order valence-corrected chi connectivity index (χ0v) is 23.3. The zero-order valence-electron chi connectivity index (χ0n) is 18.7. The van der Waals surface area contributed by atoms with Gasteiger partial charge in [-0.2, -0.15) is 0 Å². The number of hydrogen-bond acceptors (Lipinski definition) is 5. The van der Waals surface area contributed by atoms with E-state index in [0.29, 0.717) is 32.4 Å². The largest absolute Gasteiger partial charge is 0.493 e. The van der Waals surface area contributed by atoms with Crippen molar-refractivity contribution in [1.29, 1.82) is 0 Å². The fourth-order valence-electron chi connectivity index (χ4n) is 3.61. The molecule has 0 radical (unpaired) electrons. The predicted molar refractivity (Wildman–Crippen MR) is 153 cm³/mol. The molecule has 0 spiro atoms. The zero-order chi connectivity index (χ0) is 24.4. The molecule has 8 heteroatoms. The Morgan fingerprint density at radius 3 is 2.62 bits per heavy atom. The van der Waals surface area contributed by atoms with Gasteiger partial charge in [-0.1, -0.05) is 71.5 Å². The lowest BCUT2D eigenvalue weighted by Crippen LogP contribution is -2.28. The van der Waals surface area contributed by atoms with Gasteiger partial charge in [0.2, 0.25) is 0 Å². The number of thioether (sulfide) groups is 1. The summed E-state index contributed by atoms with van der Waals surface area (Å²) in [6, 6.07) is 17.3. The van der Waals surface area contributed by atoms with Crippen LogP contribution in [0, 0.1) is 17.4 Å². The van der Waals surface area contributed by atoms with Crippen LogP contribution in [0.2, 0.25) is 5.02 Å². The molecular weight excluding hydrogens is 601 g/mol. The highest BCUT2D eigenvalue weighted by molar-refractivity contribution is 14.1.